The third-order valence-electron chi connectivity index (χ3n) is 3.44. The van der Waals surface area contributed by atoms with Crippen LogP contribution in [-0.4, -0.2) is 36.7 Å². The van der Waals surface area contributed by atoms with Crippen LogP contribution in [0.4, 0.5) is 5.69 Å². The molecule has 0 saturated carbocycles. The molecule has 2 heterocycles. The Morgan fingerprint density at radius 2 is 2.35 bits per heavy atom. The maximum Gasteiger partial charge on any atom is 0.226 e. The second kappa shape index (κ2) is 8.10. The Hall–Kier alpha value is -1.89. The van der Waals surface area contributed by atoms with Gasteiger partial charge in [0.1, 0.15) is 5.76 Å². The minimum atomic E-state index is -0.0382. The number of oxazole rings is 1. The lowest BCUT2D eigenvalue weighted by Crippen LogP contribution is -2.43. The normalized spacial score (nSPS) is 17.3. The first-order valence-electron chi connectivity index (χ1n) is 7.34. The quantitative estimate of drug-likeness (QED) is 0.895. The lowest BCUT2D eigenvalue weighted by Gasteiger charge is -2.23. The number of aryl methyl sites for hydroxylation is 1. The van der Waals surface area contributed by atoms with Crippen LogP contribution in [0.25, 0.3) is 11.5 Å². The van der Waals surface area contributed by atoms with Crippen molar-refractivity contribution in [3.8, 4) is 11.5 Å². The number of hydrogen-bond acceptors (Lipinski definition) is 5. The third kappa shape index (κ3) is 4.79. The highest BCUT2D eigenvalue weighted by Gasteiger charge is 2.17. The molecule has 0 aliphatic carbocycles. The van der Waals surface area contributed by atoms with E-state index < -0.39 is 0 Å². The number of rotatable bonds is 4. The predicted molar refractivity (Wildman–Crippen MR) is 89.8 cm³/mol. The average Bonchev–Trinajstić information content (AvgIpc) is 2.95. The molecule has 2 N–H and O–H groups in total. The summed E-state index contributed by atoms with van der Waals surface area (Å²) in [4.78, 5) is 16.3. The van der Waals surface area contributed by atoms with E-state index in [0.29, 0.717) is 25.5 Å². The minimum Gasteiger partial charge on any atom is -0.441 e. The van der Waals surface area contributed by atoms with Crippen LogP contribution in [-0.2, 0) is 9.53 Å². The number of benzene rings is 1. The van der Waals surface area contributed by atoms with E-state index in [9.17, 15) is 4.79 Å². The van der Waals surface area contributed by atoms with Gasteiger partial charge in [0, 0.05) is 30.3 Å². The van der Waals surface area contributed by atoms with Crippen molar-refractivity contribution in [2.75, 3.05) is 25.1 Å². The first kappa shape index (κ1) is 17.5. The zero-order valence-electron chi connectivity index (χ0n) is 12.9. The summed E-state index contributed by atoms with van der Waals surface area (Å²) < 4.78 is 10.8. The molecule has 6 nitrogen and oxygen atoms in total. The summed E-state index contributed by atoms with van der Waals surface area (Å²) in [6.07, 6.45) is 2.07. The fourth-order valence-electron chi connectivity index (χ4n) is 2.40. The Bertz CT molecular complexity index is 654. The average molecular weight is 338 g/mol. The molecule has 1 fully saturated rings. The number of hydrogen-bond donors (Lipinski definition) is 2. The van der Waals surface area contributed by atoms with Crippen molar-refractivity contribution >= 4 is 24.0 Å². The topological polar surface area (TPSA) is 76.4 Å². The van der Waals surface area contributed by atoms with Gasteiger partial charge in [-0.3, -0.25) is 4.79 Å². The summed E-state index contributed by atoms with van der Waals surface area (Å²) >= 11 is 0. The summed E-state index contributed by atoms with van der Waals surface area (Å²) in [6, 6.07) is 7.55. The van der Waals surface area contributed by atoms with E-state index in [0.717, 1.165) is 23.6 Å². The van der Waals surface area contributed by atoms with E-state index in [1.165, 1.54) is 0 Å². The van der Waals surface area contributed by atoms with Gasteiger partial charge in [-0.05, 0) is 25.1 Å². The van der Waals surface area contributed by atoms with Gasteiger partial charge in [-0.1, -0.05) is 6.07 Å². The molecule has 1 aromatic carbocycles. The number of morpholine rings is 1. The van der Waals surface area contributed by atoms with Gasteiger partial charge in [-0.25, -0.2) is 4.98 Å². The van der Waals surface area contributed by atoms with E-state index in [2.05, 4.69) is 15.6 Å². The second-order valence-corrected chi connectivity index (χ2v) is 5.34. The van der Waals surface area contributed by atoms with E-state index in [1.54, 1.807) is 6.20 Å². The standard InChI is InChI=1S/C16H19N3O3.ClH/c1-11-9-18-16(22-11)12-3-2-4-13(7-12)19-15(20)8-14-10-21-6-5-17-14;/h2-4,7,9,14,17H,5-6,8,10H2,1H3,(H,19,20);1H. The van der Waals surface area contributed by atoms with Crippen molar-refractivity contribution in [3.63, 3.8) is 0 Å². The molecule has 1 aliphatic rings. The van der Waals surface area contributed by atoms with Gasteiger partial charge >= 0.3 is 0 Å². The summed E-state index contributed by atoms with van der Waals surface area (Å²) in [5.41, 5.74) is 1.57. The molecule has 0 spiro atoms. The number of nitrogens with one attached hydrogen (secondary N) is 2. The lowest BCUT2D eigenvalue weighted by molar-refractivity contribution is -0.117. The molecular formula is C16H20ClN3O3. The van der Waals surface area contributed by atoms with E-state index in [1.807, 2.05) is 31.2 Å². The number of halogens is 1. The number of aromatic nitrogens is 1. The van der Waals surface area contributed by atoms with Gasteiger partial charge in [-0.2, -0.15) is 0 Å². The second-order valence-electron chi connectivity index (χ2n) is 5.34. The highest BCUT2D eigenvalue weighted by molar-refractivity contribution is 5.91. The number of nitrogens with zero attached hydrogens (tertiary/aromatic N) is 1. The Labute approximate surface area is 141 Å². The predicted octanol–water partition coefficient (Wildman–Crippen LogP) is 2.39. The minimum absolute atomic E-state index is 0. The van der Waals surface area contributed by atoms with Crippen LogP contribution in [0, 0.1) is 6.92 Å². The molecule has 0 bridgehead atoms. The molecule has 7 heteroatoms. The summed E-state index contributed by atoms with van der Waals surface area (Å²) in [5.74, 6) is 1.27. The van der Waals surface area contributed by atoms with Crippen molar-refractivity contribution in [3.05, 3.63) is 36.2 Å². The number of anilines is 1. The molecule has 1 aromatic heterocycles. The molecule has 2 aromatic rings. The Balaban J connectivity index is 0.00000192. The van der Waals surface area contributed by atoms with Crippen molar-refractivity contribution in [2.45, 2.75) is 19.4 Å². The first-order chi connectivity index (χ1) is 10.7. The van der Waals surface area contributed by atoms with Crippen LogP contribution in [0.3, 0.4) is 0 Å². The van der Waals surface area contributed by atoms with E-state index >= 15 is 0 Å². The van der Waals surface area contributed by atoms with E-state index in [-0.39, 0.29) is 24.4 Å². The van der Waals surface area contributed by atoms with Crippen LogP contribution in [0.5, 0.6) is 0 Å². The number of ether oxygens (including phenoxy) is 1. The molecule has 1 saturated heterocycles. The Kier molecular flexibility index (Phi) is 6.15. The Morgan fingerprint density at radius 1 is 1.48 bits per heavy atom. The number of carbonyl (C=O) groups is 1. The monoisotopic (exact) mass is 337 g/mol. The summed E-state index contributed by atoms with van der Waals surface area (Å²) in [5, 5.41) is 6.17. The zero-order chi connectivity index (χ0) is 15.4. The number of carbonyl (C=O) groups excluding carboxylic acids is 1. The van der Waals surface area contributed by atoms with Crippen molar-refractivity contribution in [1.82, 2.24) is 10.3 Å². The maximum atomic E-state index is 12.1. The van der Waals surface area contributed by atoms with Gasteiger partial charge in [0.2, 0.25) is 11.8 Å². The first-order valence-corrected chi connectivity index (χ1v) is 7.34. The van der Waals surface area contributed by atoms with Crippen molar-refractivity contribution in [1.29, 1.82) is 0 Å². The van der Waals surface area contributed by atoms with Crippen molar-refractivity contribution in [2.24, 2.45) is 0 Å². The summed E-state index contributed by atoms with van der Waals surface area (Å²) in [7, 11) is 0. The smallest absolute Gasteiger partial charge is 0.226 e. The SMILES string of the molecule is Cc1cnc(-c2cccc(NC(=O)CC3COCCN3)c2)o1.Cl. The van der Waals surface area contributed by atoms with Crippen LogP contribution in [0.15, 0.2) is 34.9 Å². The fraction of sp³-hybridized carbons (Fsp3) is 0.375. The highest BCUT2D eigenvalue weighted by Crippen LogP contribution is 2.22. The molecule has 124 valence electrons. The molecule has 1 unspecified atom stereocenters. The summed E-state index contributed by atoms with van der Waals surface area (Å²) in [6.45, 7) is 3.91. The lowest BCUT2D eigenvalue weighted by atomic mass is 10.1. The molecule has 3 rings (SSSR count). The molecule has 23 heavy (non-hydrogen) atoms. The van der Waals surface area contributed by atoms with Crippen LogP contribution >= 0.6 is 12.4 Å². The third-order valence-corrected chi connectivity index (χ3v) is 3.44. The molecule has 0 radical (unpaired) electrons. The molecule has 1 aliphatic heterocycles. The van der Waals surface area contributed by atoms with Gasteiger partial charge in [0.05, 0.1) is 19.4 Å². The molecule has 1 amide bonds. The highest BCUT2D eigenvalue weighted by atomic mass is 35.5. The maximum absolute atomic E-state index is 12.1. The number of amides is 1. The van der Waals surface area contributed by atoms with Crippen LogP contribution in [0.1, 0.15) is 12.2 Å². The zero-order valence-corrected chi connectivity index (χ0v) is 13.7. The van der Waals surface area contributed by atoms with Gasteiger partial charge in [0.15, 0.2) is 0 Å². The van der Waals surface area contributed by atoms with Gasteiger partial charge in [0.25, 0.3) is 0 Å². The van der Waals surface area contributed by atoms with Crippen LogP contribution in [0.2, 0.25) is 0 Å². The van der Waals surface area contributed by atoms with Gasteiger partial charge < -0.3 is 19.8 Å². The van der Waals surface area contributed by atoms with Gasteiger partial charge in [-0.15, -0.1) is 12.4 Å². The fourth-order valence-corrected chi connectivity index (χ4v) is 2.40. The Morgan fingerprint density at radius 3 is 3.04 bits per heavy atom. The molecular weight excluding hydrogens is 318 g/mol. The largest absolute Gasteiger partial charge is 0.441 e. The van der Waals surface area contributed by atoms with Crippen molar-refractivity contribution < 1.29 is 13.9 Å². The molecule has 1 atom stereocenters. The van der Waals surface area contributed by atoms with Crippen LogP contribution < -0.4 is 10.6 Å². The van der Waals surface area contributed by atoms with E-state index in [4.69, 9.17) is 9.15 Å².